The molecule has 0 unspecified atom stereocenters. The highest BCUT2D eigenvalue weighted by atomic mass is 16.2. The number of nitrogens with zero attached hydrogens (tertiary/aromatic N) is 6. The molecule has 1 aliphatic heterocycles. The molecule has 0 saturated carbocycles. The summed E-state index contributed by atoms with van der Waals surface area (Å²) in [6.45, 7) is 0.946. The molecular formula is C14H21N7O2. The van der Waals surface area contributed by atoms with E-state index in [2.05, 4.69) is 15.5 Å². The third-order valence-corrected chi connectivity index (χ3v) is 4.10. The summed E-state index contributed by atoms with van der Waals surface area (Å²) in [6.07, 6.45) is 4.11. The molecule has 23 heavy (non-hydrogen) atoms. The standard InChI is InChI=1S/C14H21N7O2/c1-18-9-15-12-11(18)13(22)21(14(23)19(12)2)7-5-4-6-10-8-16-20(3)17-10/h8,15H,4-7,9H2,1-3H3. The predicted molar refractivity (Wildman–Crippen MR) is 86.8 cm³/mol. The van der Waals surface area contributed by atoms with E-state index in [0.717, 1.165) is 25.0 Å². The molecule has 1 aliphatic rings. The van der Waals surface area contributed by atoms with Gasteiger partial charge in [-0.15, -0.1) is 0 Å². The lowest BCUT2D eigenvalue weighted by Gasteiger charge is -2.13. The molecular weight excluding hydrogens is 298 g/mol. The molecule has 9 heteroatoms. The van der Waals surface area contributed by atoms with Gasteiger partial charge in [0, 0.05) is 27.7 Å². The second kappa shape index (κ2) is 5.90. The maximum atomic E-state index is 12.6. The highest BCUT2D eigenvalue weighted by Crippen LogP contribution is 2.23. The molecule has 0 spiro atoms. The molecule has 0 amide bonds. The van der Waals surface area contributed by atoms with Crippen molar-refractivity contribution in [2.24, 2.45) is 14.1 Å². The second-order valence-corrected chi connectivity index (χ2v) is 5.81. The van der Waals surface area contributed by atoms with Gasteiger partial charge >= 0.3 is 5.69 Å². The number of rotatable bonds is 5. The molecule has 2 aromatic heterocycles. The van der Waals surface area contributed by atoms with Crippen molar-refractivity contribution in [1.29, 1.82) is 0 Å². The largest absolute Gasteiger partial charge is 0.352 e. The van der Waals surface area contributed by atoms with Gasteiger partial charge in [0.15, 0.2) is 0 Å². The maximum Gasteiger partial charge on any atom is 0.332 e. The van der Waals surface area contributed by atoms with Crippen LogP contribution in [-0.4, -0.2) is 37.8 Å². The van der Waals surface area contributed by atoms with Crippen LogP contribution in [0.1, 0.15) is 18.5 Å². The Hall–Kier alpha value is -2.58. The molecule has 0 aromatic carbocycles. The van der Waals surface area contributed by atoms with E-state index in [4.69, 9.17) is 0 Å². The second-order valence-electron chi connectivity index (χ2n) is 5.81. The fourth-order valence-electron chi connectivity index (χ4n) is 2.85. The van der Waals surface area contributed by atoms with Gasteiger partial charge in [-0.25, -0.2) is 4.79 Å². The minimum Gasteiger partial charge on any atom is -0.352 e. The van der Waals surface area contributed by atoms with Gasteiger partial charge in [0.05, 0.1) is 18.6 Å². The van der Waals surface area contributed by atoms with Gasteiger partial charge in [-0.3, -0.25) is 13.9 Å². The summed E-state index contributed by atoms with van der Waals surface area (Å²) in [4.78, 5) is 28.3. The molecule has 0 radical (unpaired) electrons. The summed E-state index contributed by atoms with van der Waals surface area (Å²) in [6, 6.07) is 0. The monoisotopic (exact) mass is 319 g/mol. The van der Waals surface area contributed by atoms with Crippen LogP contribution in [0.15, 0.2) is 15.8 Å². The molecule has 3 heterocycles. The van der Waals surface area contributed by atoms with Crippen molar-refractivity contribution in [3.63, 3.8) is 0 Å². The van der Waals surface area contributed by atoms with Crippen LogP contribution < -0.4 is 21.5 Å². The summed E-state index contributed by atoms with van der Waals surface area (Å²) >= 11 is 0. The Kier molecular flexibility index (Phi) is 3.93. The highest BCUT2D eigenvalue weighted by Gasteiger charge is 2.24. The fraction of sp³-hybridized carbons (Fsp3) is 0.571. The topological polar surface area (TPSA) is 90.0 Å². The molecule has 1 N–H and O–H groups in total. The fourth-order valence-corrected chi connectivity index (χ4v) is 2.85. The summed E-state index contributed by atoms with van der Waals surface area (Å²) in [5.41, 5.74) is 0.970. The van der Waals surface area contributed by atoms with E-state index in [0.29, 0.717) is 24.7 Å². The van der Waals surface area contributed by atoms with Gasteiger partial charge in [0.25, 0.3) is 5.56 Å². The summed E-state index contributed by atoms with van der Waals surface area (Å²) in [5, 5.41) is 11.3. The van der Waals surface area contributed by atoms with Crippen LogP contribution in [0.5, 0.6) is 0 Å². The van der Waals surface area contributed by atoms with Crippen molar-refractivity contribution in [1.82, 2.24) is 24.1 Å². The first-order chi connectivity index (χ1) is 11.0. The summed E-state index contributed by atoms with van der Waals surface area (Å²) in [5.74, 6) is 0.596. The van der Waals surface area contributed by atoms with Crippen LogP contribution in [-0.2, 0) is 27.1 Å². The Morgan fingerprint density at radius 3 is 2.70 bits per heavy atom. The number of aromatic nitrogens is 5. The average Bonchev–Trinajstić information content (AvgIpc) is 3.10. The van der Waals surface area contributed by atoms with Gasteiger partial charge in [-0.1, -0.05) is 0 Å². The molecule has 124 valence electrons. The predicted octanol–water partition coefficient (Wildman–Crippen LogP) is -0.482. The third-order valence-electron chi connectivity index (χ3n) is 4.10. The Morgan fingerprint density at radius 1 is 1.22 bits per heavy atom. The molecule has 0 atom stereocenters. The average molecular weight is 319 g/mol. The lowest BCUT2D eigenvalue weighted by atomic mass is 10.2. The zero-order valence-corrected chi connectivity index (χ0v) is 13.6. The van der Waals surface area contributed by atoms with Crippen LogP contribution >= 0.6 is 0 Å². The van der Waals surface area contributed by atoms with Crippen LogP contribution in [0.4, 0.5) is 11.5 Å². The number of aryl methyl sites for hydroxylation is 2. The Morgan fingerprint density at radius 2 is 2.00 bits per heavy atom. The normalized spacial score (nSPS) is 13.3. The smallest absolute Gasteiger partial charge is 0.332 e. The van der Waals surface area contributed by atoms with E-state index < -0.39 is 0 Å². The van der Waals surface area contributed by atoms with Crippen molar-refractivity contribution < 1.29 is 0 Å². The van der Waals surface area contributed by atoms with E-state index in [1.807, 2.05) is 11.9 Å². The van der Waals surface area contributed by atoms with Crippen molar-refractivity contribution in [2.75, 3.05) is 23.9 Å². The van der Waals surface area contributed by atoms with Gasteiger partial charge in [0.2, 0.25) is 0 Å². The zero-order valence-electron chi connectivity index (χ0n) is 13.6. The number of hydrogen-bond donors (Lipinski definition) is 1. The first-order valence-corrected chi connectivity index (χ1v) is 7.63. The number of fused-ring (bicyclic) bond motifs is 1. The summed E-state index contributed by atoms with van der Waals surface area (Å²) < 4.78 is 2.82. The number of hydrogen-bond acceptors (Lipinski definition) is 6. The highest BCUT2D eigenvalue weighted by molar-refractivity contribution is 5.69. The van der Waals surface area contributed by atoms with Gasteiger partial charge in [-0.05, 0) is 19.3 Å². The van der Waals surface area contributed by atoms with Crippen LogP contribution in [0.3, 0.4) is 0 Å². The number of unbranched alkanes of at least 4 members (excludes halogenated alkanes) is 1. The van der Waals surface area contributed by atoms with Crippen molar-refractivity contribution >= 4 is 11.5 Å². The quantitative estimate of drug-likeness (QED) is 0.749. The van der Waals surface area contributed by atoms with Gasteiger partial charge < -0.3 is 10.2 Å². The Balaban J connectivity index is 1.73. The van der Waals surface area contributed by atoms with Crippen molar-refractivity contribution in [2.45, 2.75) is 25.8 Å². The molecule has 0 saturated heterocycles. The van der Waals surface area contributed by atoms with Crippen LogP contribution in [0.25, 0.3) is 0 Å². The minimum absolute atomic E-state index is 0.227. The third kappa shape index (κ3) is 2.73. The van der Waals surface area contributed by atoms with E-state index in [9.17, 15) is 9.59 Å². The minimum atomic E-state index is -0.281. The van der Waals surface area contributed by atoms with Gasteiger partial charge in [-0.2, -0.15) is 15.0 Å². The van der Waals surface area contributed by atoms with E-state index in [1.165, 1.54) is 13.9 Å². The van der Waals surface area contributed by atoms with Crippen molar-refractivity contribution in [3.05, 3.63) is 32.7 Å². The molecule has 0 aliphatic carbocycles. The number of anilines is 2. The van der Waals surface area contributed by atoms with E-state index in [1.54, 1.807) is 20.3 Å². The Bertz CT molecular complexity index is 833. The van der Waals surface area contributed by atoms with Crippen molar-refractivity contribution in [3.8, 4) is 0 Å². The zero-order chi connectivity index (χ0) is 16.6. The summed E-state index contributed by atoms with van der Waals surface area (Å²) in [7, 11) is 5.30. The molecule has 0 fully saturated rings. The lowest BCUT2D eigenvalue weighted by Crippen LogP contribution is -2.40. The first kappa shape index (κ1) is 15.3. The van der Waals surface area contributed by atoms with E-state index in [-0.39, 0.29) is 11.2 Å². The SMILES string of the molecule is CN1CNc2c1c(=O)n(CCCCc1cnn(C)n1)c(=O)n2C. The van der Waals surface area contributed by atoms with Gasteiger partial charge in [0.1, 0.15) is 11.5 Å². The van der Waals surface area contributed by atoms with E-state index >= 15 is 0 Å². The lowest BCUT2D eigenvalue weighted by molar-refractivity contribution is 0.546. The number of nitrogens with one attached hydrogen (secondary N) is 1. The molecule has 9 nitrogen and oxygen atoms in total. The first-order valence-electron chi connectivity index (χ1n) is 7.63. The maximum absolute atomic E-state index is 12.6. The Labute approximate surface area is 133 Å². The van der Waals surface area contributed by atoms with Crippen LogP contribution in [0, 0.1) is 0 Å². The molecule has 0 bridgehead atoms. The van der Waals surface area contributed by atoms with Crippen LogP contribution in [0.2, 0.25) is 0 Å². The molecule has 3 rings (SSSR count). The molecule has 2 aromatic rings.